The maximum Gasteiger partial charge on any atom is 0.174 e. The molecule has 0 unspecified atom stereocenters. The van der Waals surface area contributed by atoms with Crippen molar-refractivity contribution in [1.82, 2.24) is 14.9 Å². The van der Waals surface area contributed by atoms with Crippen LogP contribution in [-0.2, 0) is 0 Å². The van der Waals surface area contributed by atoms with E-state index in [1.54, 1.807) is 18.3 Å². The van der Waals surface area contributed by atoms with Gasteiger partial charge in [-0.15, -0.1) is 0 Å². The van der Waals surface area contributed by atoms with E-state index in [2.05, 4.69) is 73.8 Å². The first-order chi connectivity index (χ1) is 16.3. The highest BCUT2D eigenvalue weighted by atomic mass is 79.9. The SMILES string of the molecule is Cc1cc(N2C(=S)N[C@H](c3ccccn3)[C@@H]2c2cc(C)n(-c3cccc(F)c3)c2C)ccc1Br. The molecule has 2 atom stereocenters. The lowest BCUT2D eigenvalue weighted by atomic mass is 9.96. The van der Waals surface area contributed by atoms with Gasteiger partial charge in [0, 0.05) is 33.4 Å². The molecule has 1 fully saturated rings. The van der Waals surface area contributed by atoms with Gasteiger partial charge < -0.3 is 14.8 Å². The van der Waals surface area contributed by atoms with Crippen molar-refractivity contribution >= 4 is 38.9 Å². The standard InChI is InChI=1S/C27H24BrFN4S/c1-16-13-21(10-11-23(16)28)33-26(25(31-27(33)34)24-9-4-5-12-30-24)22-14-17(2)32(18(22)3)20-8-6-7-19(29)15-20/h4-15,25-26H,1-3H3,(H,31,34)/t25-,26+/m1/s1. The van der Waals surface area contributed by atoms with Crippen LogP contribution in [0.4, 0.5) is 10.1 Å². The third-order valence-electron chi connectivity index (χ3n) is 6.37. The van der Waals surface area contributed by atoms with E-state index in [1.807, 2.05) is 31.2 Å². The van der Waals surface area contributed by atoms with Gasteiger partial charge in [-0.05, 0) is 98.7 Å². The maximum atomic E-state index is 14.1. The van der Waals surface area contributed by atoms with E-state index in [0.29, 0.717) is 5.11 Å². The van der Waals surface area contributed by atoms with Crippen molar-refractivity contribution in [3.8, 4) is 5.69 Å². The number of nitrogens with one attached hydrogen (secondary N) is 1. The molecule has 0 amide bonds. The Morgan fingerprint density at radius 1 is 0.971 bits per heavy atom. The molecule has 1 aliphatic rings. The fourth-order valence-corrected chi connectivity index (χ4v) is 5.42. The van der Waals surface area contributed by atoms with Crippen LogP contribution in [0.1, 0.15) is 40.3 Å². The quantitative estimate of drug-likeness (QED) is 0.289. The molecule has 172 valence electrons. The number of hydrogen-bond acceptors (Lipinski definition) is 2. The predicted octanol–water partition coefficient (Wildman–Crippen LogP) is 6.88. The Balaban J connectivity index is 1.69. The molecule has 7 heteroatoms. The van der Waals surface area contributed by atoms with E-state index in [0.717, 1.165) is 44.1 Å². The van der Waals surface area contributed by atoms with E-state index in [9.17, 15) is 4.39 Å². The minimum atomic E-state index is -0.256. The summed E-state index contributed by atoms with van der Waals surface area (Å²) in [5.41, 5.74) is 7.05. The number of aryl methyl sites for hydroxylation is 2. The third-order valence-corrected chi connectivity index (χ3v) is 7.58. The van der Waals surface area contributed by atoms with Gasteiger partial charge in [0.05, 0.1) is 17.8 Å². The van der Waals surface area contributed by atoms with Crippen molar-refractivity contribution < 1.29 is 4.39 Å². The van der Waals surface area contributed by atoms with Crippen LogP contribution in [0.5, 0.6) is 0 Å². The lowest BCUT2D eigenvalue weighted by Crippen LogP contribution is -2.29. The summed E-state index contributed by atoms with van der Waals surface area (Å²) in [6.07, 6.45) is 1.81. The minimum Gasteiger partial charge on any atom is -0.351 e. The normalized spacial score (nSPS) is 17.8. The summed E-state index contributed by atoms with van der Waals surface area (Å²) >= 11 is 9.47. The first kappa shape index (κ1) is 22.7. The van der Waals surface area contributed by atoms with Crippen molar-refractivity contribution in [2.24, 2.45) is 0 Å². The summed E-state index contributed by atoms with van der Waals surface area (Å²) in [6.45, 7) is 6.20. The minimum absolute atomic E-state index is 0.128. The maximum absolute atomic E-state index is 14.1. The Hall–Kier alpha value is -3.03. The van der Waals surface area contributed by atoms with Crippen molar-refractivity contribution in [1.29, 1.82) is 0 Å². The van der Waals surface area contributed by atoms with E-state index >= 15 is 0 Å². The molecule has 2 aromatic heterocycles. The highest BCUT2D eigenvalue weighted by Gasteiger charge is 2.42. The van der Waals surface area contributed by atoms with E-state index < -0.39 is 0 Å². The van der Waals surface area contributed by atoms with Crippen LogP contribution in [0.25, 0.3) is 5.69 Å². The number of halogens is 2. The van der Waals surface area contributed by atoms with Gasteiger partial charge in [-0.1, -0.05) is 28.1 Å². The lowest BCUT2D eigenvalue weighted by Gasteiger charge is -2.28. The van der Waals surface area contributed by atoms with Crippen molar-refractivity contribution in [2.75, 3.05) is 4.90 Å². The number of pyridine rings is 1. The molecule has 4 aromatic rings. The number of thiocarbonyl (C=S) groups is 1. The largest absolute Gasteiger partial charge is 0.351 e. The van der Waals surface area contributed by atoms with Gasteiger partial charge in [0.25, 0.3) is 0 Å². The molecular weight excluding hydrogens is 511 g/mol. The van der Waals surface area contributed by atoms with Crippen LogP contribution in [0.2, 0.25) is 0 Å². The van der Waals surface area contributed by atoms with E-state index in [1.165, 1.54) is 6.07 Å². The van der Waals surface area contributed by atoms with Gasteiger partial charge in [-0.2, -0.15) is 0 Å². The van der Waals surface area contributed by atoms with Gasteiger partial charge >= 0.3 is 0 Å². The van der Waals surface area contributed by atoms with Crippen LogP contribution >= 0.6 is 28.1 Å². The number of aromatic nitrogens is 2. The van der Waals surface area contributed by atoms with Crippen molar-refractivity contribution in [3.63, 3.8) is 0 Å². The Morgan fingerprint density at radius 3 is 2.50 bits per heavy atom. The molecule has 34 heavy (non-hydrogen) atoms. The van der Waals surface area contributed by atoms with Crippen molar-refractivity contribution in [3.05, 3.63) is 111 Å². The second-order valence-corrected chi connectivity index (χ2v) is 9.81. The number of hydrogen-bond donors (Lipinski definition) is 1. The number of anilines is 1. The highest BCUT2D eigenvalue weighted by molar-refractivity contribution is 9.10. The molecule has 0 spiro atoms. The Labute approximate surface area is 212 Å². The van der Waals surface area contributed by atoms with Crippen LogP contribution in [0.3, 0.4) is 0 Å². The van der Waals surface area contributed by atoms with Gasteiger partial charge in [0.1, 0.15) is 5.82 Å². The zero-order valence-electron chi connectivity index (χ0n) is 19.1. The molecule has 0 aliphatic carbocycles. The fraction of sp³-hybridized carbons (Fsp3) is 0.185. The monoisotopic (exact) mass is 534 g/mol. The Kier molecular flexibility index (Phi) is 6.00. The second-order valence-electron chi connectivity index (χ2n) is 8.57. The van der Waals surface area contributed by atoms with Crippen LogP contribution < -0.4 is 10.2 Å². The lowest BCUT2D eigenvalue weighted by molar-refractivity contribution is 0.565. The van der Waals surface area contributed by atoms with Gasteiger partial charge in [-0.25, -0.2) is 4.39 Å². The second kappa shape index (κ2) is 8.96. The summed E-state index contributed by atoms with van der Waals surface area (Å²) in [5.74, 6) is -0.256. The summed E-state index contributed by atoms with van der Waals surface area (Å²) in [6, 6.07) is 20.8. The summed E-state index contributed by atoms with van der Waals surface area (Å²) in [5, 5.41) is 4.17. The zero-order chi connectivity index (χ0) is 24.0. The van der Waals surface area contributed by atoms with Crippen molar-refractivity contribution in [2.45, 2.75) is 32.9 Å². The number of nitrogens with zero attached hydrogens (tertiary/aromatic N) is 3. The summed E-state index contributed by atoms with van der Waals surface area (Å²) in [4.78, 5) is 6.82. The highest BCUT2D eigenvalue weighted by Crippen LogP contribution is 2.44. The zero-order valence-corrected chi connectivity index (χ0v) is 21.5. The molecule has 0 radical (unpaired) electrons. The molecule has 1 saturated heterocycles. The first-order valence-electron chi connectivity index (χ1n) is 11.1. The average Bonchev–Trinajstić information content (AvgIpc) is 3.31. The fourth-order valence-electron chi connectivity index (χ4n) is 4.83. The molecule has 2 aromatic carbocycles. The molecule has 0 saturated carbocycles. The van der Waals surface area contributed by atoms with Crippen LogP contribution in [0.15, 0.2) is 77.4 Å². The molecule has 1 N–H and O–H groups in total. The van der Waals surface area contributed by atoms with Crippen LogP contribution in [-0.4, -0.2) is 14.7 Å². The molecular formula is C27H24BrFN4S. The number of rotatable bonds is 4. The van der Waals surface area contributed by atoms with Gasteiger partial charge in [-0.3, -0.25) is 4.98 Å². The summed E-state index contributed by atoms with van der Waals surface area (Å²) in [7, 11) is 0. The van der Waals surface area contributed by atoms with E-state index in [-0.39, 0.29) is 17.9 Å². The smallest absolute Gasteiger partial charge is 0.174 e. The van der Waals surface area contributed by atoms with E-state index in [4.69, 9.17) is 12.2 Å². The molecule has 0 bridgehead atoms. The van der Waals surface area contributed by atoms with Gasteiger partial charge in [0.2, 0.25) is 0 Å². The Morgan fingerprint density at radius 2 is 1.79 bits per heavy atom. The van der Waals surface area contributed by atoms with Crippen LogP contribution in [0, 0.1) is 26.6 Å². The summed E-state index contributed by atoms with van der Waals surface area (Å²) < 4.78 is 17.2. The topological polar surface area (TPSA) is 33.1 Å². The molecule has 3 heterocycles. The molecule has 4 nitrogen and oxygen atoms in total. The third kappa shape index (κ3) is 3.93. The van der Waals surface area contributed by atoms with Gasteiger partial charge in [0.15, 0.2) is 5.11 Å². The first-order valence-corrected chi connectivity index (χ1v) is 12.3. The number of benzene rings is 2. The predicted molar refractivity (Wildman–Crippen MR) is 142 cm³/mol. The molecule has 1 aliphatic heterocycles. The Bertz CT molecular complexity index is 1380. The molecule has 5 rings (SSSR count). The average molecular weight is 535 g/mol.